The zero-order valence-corrected chi connectivity index (χ0v) is 23.1. The number of pyridine rings is 1. The van der Waals surface area contributed by atoms with E-state index in [1.54, 1.807) is 30.2 Å². The molecule has 8 nitrogen and oxygen atoms in total. The molecule has 3 aromatic rings. The Labute approximate surface area is 233 Å². The summed E-state index contributed by atoms with van der Waals surface area (Å²) in [5.41, 5.74) is 4.72. The fourth-order valence-electron chi connectivity index (χ4n) is 5.78. The van der Waals surface area contributed by atoms with E-state index in [9.17, 15) is 14.4 Å². The van der Waals surface area contributed by atoms with Crippen LogP contribution in [0.25, 0.3) is 11.1 Å². The number of halogens is 1. The van der Waals surface area contributed by atoms with Gasteiger partial charge in [-0.25, -0.2) is 0 Å². The van der Waals surface area contributed by atoms with Crippen molar-refractivity contribution in [3.8, 4) is 11.1 Å². The number of carbonyl (C=O) groups excluding carboxylic acids is 3. The van der Waals surface area contributed by atoms with E-state index in [4.69, 9.17) is 11.6 Å². The van der Waals surface area contributed by atoms with Gasteiger partial charge in [-0.15, -0.1) is 0 Å². The molecule has 39 heavy (non-hydrogen) atoms. The first-order chi connectivity index (χ1) is 18.8. The fraction of sp³-hybridized carbons (Fsp3) is 0.400. The van der Waals surface area contributed by atoms with E-state index in [2.05, 4.69) is 15.6 Å². The topological polar surface area (TPSA) is 96.3 Å². The Kier molecular flexibility index (Phi) is 8.02. The molecule has 1 unspecified atom stereocenters. The van der Waals surface area contributed by atoms with Crippen LogP contribution in [0.15, 0.2) is 48.7 Å². The van der Waals surface area contributed by atoms with Gasteiger partial charge in [-0.2, -0.15) is 0 Å². The van der Waals surface area contributed by atoms with Crippen molar-refractivity contribution in [2.75, 3.05) is 11.9 Å². The lowest BCUT2D eigenvalue weighted by Gasteiger charge is -2.31. The minimum absolute atomic E-state index is 0.0224. The summed E-state index contributed by atoms with van der Waals surface area (Å²) in [5.74, 6) is -0.385. The van der Waals surface area contributed by atoms with E-state index in [-0.39, 0.29) is 23.6 Å². The number of aryl methyl sites for hydroxylation is 1. The van der Waals surface area contributed by atoms with E-state index >= 15 is 0 Å². The first-order valence-electron chi connectivity index (χ1n) is 13.6. The highest BCUT2D eigenvalue weighted by molar-refractivity contribution is 6.33. The maximum absolute atomic E-state index is 13.6. The summed E-state index contributed by atoms with van der Waals surface area (Å²) in [4.78, 5) is 44.9. The number of hydrogen-bond acceptors (Lipinski definition) is 4. The monoisotopic (exact) mass is 547 g/mol. The number of fused-ring (bicyclic) bond motifs is 1. The maximum atomic E-state index is 13.6. The van der Waals surface area contributed by atoms with E-state index in [0.717, 1.165) is 54.6 Å². The number of hydrogen-bond donors (Lipinski definition) is 2. The van der Waals surface area contributed by atoms with Crippen LogP contribution >= 0.6 is 11.6 Å². The predicted octanol–water partition coefficient (Wildman–Crippen LogP) is 5.19. The number of nitrogens with zero attached hydrogens (tertiary/aromatic N) is 3. The lowest BCUT2D eigenvalue weighted by atomic mass is 9.83. The minimum Gasteiger partial charge on any atom is -0.339 e. The Morgan fingerprint density at radius 1 is 1.00 bits per heavy atom. The lowest BCUT2D eigenvalue weighted by molar-refractivity contribution is -0.130. The first kappa shape index (κ1) is 26.9. The van der Waals surface area contributed by atoms with Crippen LogP contribution in [0, 0.1) is 12.8 Å². The van der Waals surface area contributed by atoms with Gasteiger partial charge < -0.3 is 20.1 Å². The molecule has 0 spiro atoms. The molecule has 2 aromatic heterocycles. The number of rotatable bonds is 6. The van der Waals surface area contributed by atoms with Crippen molar-refractivity contribution in [1.29, 1.82) is 0 Å². The normalized spacial score (nSPS) is 16.3. The number of benzene rings is 1. The van der Waals surface area contributed by atoms with E-state index in [1.165, 1.54) is 0 Å². The second-order valence-corrected chi connectivity index (χ2v) is 10.9. The van der Waals surface area contributed by atoms with Gasteiger partial charge in [0.15, 0.2) is 0 Å². The maximum Gasteiger partial charge on any atom is 0.268 e. The standard InChI is InChI=1S/C30H34ClN5O3/c1-19-27(25(31)14-15-32-19)21-8-10-23(11-9-21)33-30(39)28(22-6-4-3-5-7-22)34-29(38)26-13-12-24-18-35(20(2)37)16-17-36(24)26/h8-15,22,28H,3-7,16-18H2,1-2H3,(H,33,39)(H,34,38). The van der Waals surface area contributed by atoms with Crippen LogP contribution in [-0.4, -0.2) is 44.8 Å². The van der Waals surface area contributed by atoms with Gasteiger partial charge in [0, 0.05) is 48.8 Å². The highest BCUT2D eigenvalue weighted by Crippen LogP contribution is 2.31. The molecule has 204 valence electrons. The van der Waals surface area contributed by atoms with Gasteiger partial charge >= 0.3 is 0 Å². The molecule has 1 aliphatic carbocycles. The Balaban J connectivity index is 1.32. The summed E-state index contributed by atoms with van der Waals surface area (Å²) in [6, 6.07) is 12.3. The van der Waals surface area contributed by atoms with Gasteiger partial charge in [0.05, 0.1) is 11.6 Å². The molecule has 0 saturated heterocycles. The highest BCUT2D eigenvalue weighted by Gasteiger charge is 2.32. The molecule has 0 bridgehead atoms. The molecule has 0 radical (unpaired) electrons. The molecule has 3 amide bonds. The van der Waals surface area contributed by atoms with Crippen LogP contribution in [0.2, 0.25) is 5.02 Å². The first-order valence-corrected chi connectivity index (χ1v) is 14.0. The van der Waals surface area contributed by atoms with Gasteiger partial charge in [-0.1, -0.05) is 43.0 Å². The van der Waals surface area contributed by atoms with E-state index in [1.807, 2.05) is 41.8 Å². The van der Waals surface area contributed by atoms with Crippen molar-refractivity contribution < 1.29 is 14.4 Å². The van der Waals surface area contributed by atoms with E-state index in [0.29, 0.717) is 36.0 Å². The fourth-order valence-corrected chi connectivity index (χ4v) is 6.08. The molecule has 1 aliphatic heterocycles. The third-order valence-electron chi connectivity index (χ3n) is 7.92. The van der Waals surface area contributed by atoms with Gasteiger partial charge in [0.2, 0.25) is 11.8 Å². The SMILES string of the molecule is CC(=O)N1CCn2c(ccc2C(=O)NC(C(=O)Nc2ccc(-c3c(Cl)ccnc3C)cc2)C2CCCCC2)C1. The quantitative estimate of drug-likeness (QED) is 0.444. The Morgan fingerprint density at radius 3 is 2.44 bits per heavy atom. The number of amides is 3. The Bertz CT molecular complexity index is 1360. The van der Waals surface area contributed by atoms with Crippen LogP contribution in [0.3, 0.4) is 0 Å². The molecular formula is C30H34ClN5O3. The van der Waals surface area contributed by atoms with Crippen molar-refractivity contribution in [1.82, 2.24) is 19.8 Å². The summed E-state index contributed by atoms with van der Waals surface area (Å²) in [7, 11) is 0. The molecule has 1 atom stereocenters. The zero-order chi connectivity index (χ0) is 27.5. The van der Waals surface area contributed by atoms with Gasteiger partial charge in [-0.05, 0) is 61.6 Å². The Morgan fingerprint density at radius 2 is 1.74 bits per heavy atom. The average molecular weight is 548 g/mol. The molecule has 9 heteroatoms. The van der Waals surface area contributed by atoms with Gasteiger partial charge in [0.25, 0.3) is 5.91 Å². The molecule has 1 aromatic carbocycles. The Hall–Kier alpha value is -3.65. The van der Waals surface area contributed by atoms with Crippen LogP contribution in [0.1, 0.15) is 60.9 Å². The predicted molar refractivity (Wildman–Crippen MR) is 151 cm³/mol. The third kappa shape index (κ3) is 5.86. The molecule has 5 rings (SSSR count). The smallest absolute Gasteiger partial charge is 0.268 e. The van der Waals surface area contributed by atoms with E-state index < -0.39 is 6.04 Å². The molecule has 2 N–H and O–H groups in total. The number of aromatic nitrogens is 2. The zero-order valence-electron chi connectivity index (χ0n) is 22.4. The van der Waals surface area contributed by atoms with Crippen molar-refractivity contribution in [2.24, 2.45) is 5.92 Å². The third-order valence-corrected chi connectivity index (χ3v) is 8.23. The summed E-state index contributed by atoms with van der Waals surface area (Å²) in [6.45, 7) is 5.06. The van der Waals surface area contributed by atoms with Crippen LogP contribution in [0.5, 0.6) is 0 Å². The van der Waals surface area contributed by atoms with Crippen molar-refractivity contribution in [3.05, 3.63) is 70.8 Å². The minimum atomic E-state index is -0.643. The molecule has 1 saturated carbocycles. The van der Waals surface area contributed by atoms with Gasteiger partial charge in [0.1, 0.15) is 11.7 Å². The van der Waals surface area contributed by atoms with Crippen LogP contribution in [0.4, 0.5) is 5.69 Å². The summed E-state index contributed by atoms with van der Waals surface area (Å²) in [5, 5.41) is 6.72. The highest BCUT2D eigenvalue weighted by atomic mass is 35.5. The van der Waals surface area contributed by atoms with Gasteiger partial charge in [-0.3, -0.25) is 19.4 Å². The largest absolute Gasteiger partial charge is 0.339 e. The van der Waals surface area contributed by atoms with Crippen molar-refractivity contribution in [3.63, 3.8) is 0 Å². The lowest BCUT2D eigenvalue weighted by Crippen LogP contribution is -2.49. The summed E-state index contributed by atoms with van der Waals surface area (Å²) >= 11 is 6.40. The molecule has 1 fully saturated rings. The second kappa shape index (κ2) is 11.6. The second-order valence-electron chi connectivity index (χ2n) is 10.5. The molecular weight excluding hydrogens is 514 g/mol. The van der Waals surface area contributed by atoms with Crippen LogP contribution in [-0.2, 0) is 22.7 Å². The number of nitrogens with one attached hydrogen (secondary N) is 2. The van der Waals surface area contributed by atoms with Crippen molar-refractivity contribution >= 4 is 35.0 Å². The van der Waals surface area contributed by atoms with Crippen molar-refractivity contribution in [2.45, 2.75) is 65.1 Å². The summed E-state index contributed by atoms with van der Waals surface area (Å²) in [6.07, 6.45) is 6.72. The number of carbonyl (C=O) groups is 3. The molecule has 3 heterocycles. The average Bonchev–Trinajstić information content (AvgIpc) is 3.36. The molecule has 2 aliphatic rings. The number of anilines is 1. The van der Waals surface area contributed by atoms with Crippen LogP contribution < -0.4 is 10.6 Å². The summed E-state index contributed by atoms with van der Waals surface area (Å²) < 4.78 is 1.95.